The van der Waals surface area contributed by atoms with Crippen LogP contribution in [0.3, 0.4) is 0 Å². The van der Waals surface area contributed by atoms with Crippen LogP contribution in [0.1, 0.15) is 25.8 Å². The molecule has 1 aromatic rings. The van der Waals surface area contributed by atoms with Crippen LogP contribution in [0.2, 0.25) is 0 Å². The lowest BCUT2D eigenvalue weighted by atomic mass is 10.0. The van der Waals surface area contributed by atoms with E-state index in [9.17, 15) is 4.79 Å². The molecule has 2 rings (SSSR count). The number of nitrogens with one attached hydrogen (secondary N) is 1. The predicted molar refractivity (Wildman–Crippen MR) is 109 cm³/mol. The van der Waals surface area contributed by atoms with Crippen LogP contribution in [0.4, 0.5) is 4.79 Å². The average molecular weight is 380 g/mol. The van der Waals surface area contributed by atoms with E-state index >= 15 is 0 Å². The van der Waals surface area contributed by atoms with E-state index in [-0.39, 0.29) is 6.03 Å². The molecule has 1 atom stereocenters. The van der Waals surface area contributed by atoms with Crippen LogP contribution in [-0.4, -0.2) is 68.0 Å². The van der Waals surface area contributed by atoms with E-state index in [0.29, 0.717) is 25.0 Å². The molecule has 1 aromatic carbocycles. The smallest absolute Gasteiger partial charge is 0.317 e. The molecule has 0 aromatic heterocycles. The van der Waals surface area contributed by atoms with Crippen molar-refractivity contribution in [2.75, 3.05) is 46.2 Å². The number of benzene rings is 1. The number of rotatable bonds is 8. The molecule has 0 aliphatic carbocycles. The number of carbonyl (C=O) groups excluding carboxylic acids is 1. The first-order valence-corrected chi connectivity index (χ1v) is 10.7. The van der Waals surface area contributed by atoms with Crippen molar-refractivity contribution in [3.05, 3.63) is 29.8 Å². The van der Waals surface area contributed by atoms with Gasteiger partial charge in [0, 0.05) is 44.2 Å². The third kappa shape index (κ3) is 6.82. The molecule has 1 fully saturated rings. The Morgan fingerprint density at radius 1 is 1.27 bits per heavy atom. The molecule has 5 nitrogen and oxygen atoms in total. The van der Waals surface area contributed by atoms with Crippen LogP contribution in [-0.2, 0) is 11.3 Å². The highest BCUT2D eigenvalue weighted by atomic mass is 32.2. The van der Waals surface area contributed by atoms with Gasteiger partial charge in [-0.2, -0.15) is 0 Å². The Morgan fingerprint density at radius 3 is 2.50 bits per heavy atom. The Labute approximate surface area is 162 Å². The summed E-state index contributed by atoms with van der Waals surface area (Å²) in [5.74, 6) is 0.604. The number of thioether (sulfide) groups is 1. The molecule has 1 N–H and O–H groups in total. The third-order valence-corrected chi connectivity index (χ3v) is 5.46. The summed E-state index contributed by atoms with van der Waals surface area (Å²) in [5, 5.41) is 3.13. The highest BCUT2D eigenvalue weighted by Gasteiger charge is 2.23. The van der Waals surface area contributed by atoms with Crippen LogP contribution >= 0.6 is 11.8 Å². The van der Waals surface area contributed by atoms with Gasteiger partial charge in [-0.3, -0.25) is 4.90 Å². The van der Waals surface area contributed by atoms with Crippen molar-refractivity contribution in [2.45, 2.75) is 37.8 Å². The Morgan fingerprint density at radius 2 is 1.92 bits per heavy atom. The first kappa shape index (κ1) is 21.1. The molecule has 26 heavy (non-hydrogen) atoms. The number of nitrogens with zero attached hydrogens (tertiary/aromatic N) is 2. The van der Waals surface area contributed by atoms with Crippen LogP contribution in [0.15, 0.2) is 29.2 Å². The number of carbonyl (C=O) groups is 1. The van der Waals surface area contributed by atoms with E-state index in [0.717, 1.165) is 38.3 Å². The van der Waals surface area contributed by atoms with Crippen LogP contribution in [0.5, 0.6) is 0 Å². The van der Waals surface area contributed by atoms with Gasteiger partial charge in [0.1, 0.15) is 0 Å². The van der Waals surface area contributed by atoms with Gasteiger partial charge >= 0.3 is 6.03 Å². The molecule has 146 valence electrons. The molecule has 0 spiro atoms. The van der Waals surface area contributed by atoms with Crippen molar-refractivity contribution in [3.8, 4) is 0 Å². The molecule has 2 amide bonds. The van der Waals surface area contributed by atoms with Crippen molar-refractivity contribution in [2.24, 2.45) is 5.92 Å². The van der Waals surface area contributed by atoms with Crippen molar-refractivity contribution in [3.63, 3.8) is 0 Å². The minimum atomic E-state index is -0.0130. The maximum Gasteiger partial charge on any atom is 0.317 e. The molecule has 6 heteroatoms. The van der Waals surface area contributed by atoms with Gasteiger partial charge in [0.05, 0.1) is 13.2 Å². The summed E-state index contributed by atoms with van der Waals surface area (Å²) in [6.45, 7) is 9.25. The average Bonchev–Trinajstić information content (AvgIpc) is 2.65. The zero-order chi connectivity index (χ0) is 18.9. The second-order valence-corrected chi connectivity index (χ2v) is 8.20. The maximum atomic E-state index is 12.5. The topological polar surface area (TPSA) is 44.8 Å². The molecular formula is C20H33N3O2S. The zero-order valence-electron chi connectivity index (χ0n) is 16.5. The quantitative estimate of drug-likeness (QED) is 0.704. The van der Waals surface area contributed by atoms with Gasteiger partial charge in [-0.25, -0.2) is 4.79 Å². The van der Waals surface area contributed by atoms with Crippen LogP contribution < -0.4 is 5.32 Å². The van der Waals surface area contributed by atoms with E-state index < -0.39 is 0 Å². The van der Waals surface area contributed by atoms with Gasteiger partial charge in [0.2, 0.25) is 0 Å². The number of hydrogen-bond donors (Lipinski definition) is 1. The fraction of sp³-hybridized carbons (Fsp3) is 0.650. The van der Waals surface area contributed by atoms with Gasteiger partial charge in [0.25, 0.3) is 0 Å². The summed E-state index contributed by atoms with van der Waals surface area (Å²) in [5.41, 5.74) is 1.15. The number of morpholine rings is 1. The normalized spacial score (nSPS) is 16.5. The Balaban J connectivity index is 1.84. The summed E-state index contributed by atoms with van der Waals surface area (Å²) < 4.78 is 5.46. The summed E-state index contributed by atoms with van der Waals surface area (Å²) in [7, 11) is 1.85. The van der Waals surface area contributed by atoms with Crippen molar-refractivity contribution >= 4 is 17.8 Å². The minimum absolute atomic E-state index is 0.0130. The first-order chi connectivity index (χ1) is 12.5. The summed E-state index contributed by atoms with van der Waals surface area (Å²) in [6, 6.07) is 8.74. The number of amides is 2. The maximum absolute atomic E-state index is 12.5. The van der Waals surface area contributed by atoms with E-state index in [1.165, 1.54) is 4.90 Å². The minimum Gasteiger partial charge on any atom is -0.379 e. The second kappa shape index (κ2) is 10.8. The lowest BCUT2D eigenvalue weighted by Crippen LogP contribution is -2.50. The Kier molecular flexibility index (Phi) is 8.75. The lowest BCUT2D eigenvalue weighted by molar-refractivity contribution is 0.0127. The van der Waals surface area contributed by atoms with Gasteiger partial charge < -0.3 is 15.0 Å². The molecule has 0 bridgehead atoms. The molecule has 1 unspecified atom stereocenters. The Hall–Kier alpha value is -1.24. The standard InChI is InChI=1S/C20H33N3O2S/c1-16(2)13-18(23-9-11-25-12-10-23)14-21-20(24)22(3)15-17-5-7-19(26-4)8-6-17/h5-8,16,18H,9-15H2,1-4H3,(H,21,24). The molecule has 0 radical (unpaired) electrons. The Bertz CT molecular complexity index is 544. The van der Waals surface area contributed by atoms with E-state index in [1.807, 2.05) is 7.05 Å². The number of ether oxygens (including phenoxy) is 1. The van der Waals surface area contributed by atoms with E-state index in [2.05, 4.69) is 54.6 Å². The van der Waals surface area contributed by atoms with Gasteiger partial charge in [0.15, 0.2) is 0 Å². The largest absolute Gasteiger partial charge is 0.379 e. The fourth-order valence-electron chi connectivity index (χ4n) is 3.26. The fourth-order valence-corrected chi connectivity index (χ4v) is 3.67. The van der Waals surface area contributed by atoms with Crippen molar-refractivity contribution < 1.29 is 9.53 Å². The van der Waals surface area contributed by atoms with Gasteiger partial charge in [-0.05, 0) is 36.3 Å². The van der Waals surface area contributed by atoms with Gasteiger partial charge in [-0.1, -0.05) is 26.0 Å². The van der Waals surface area contributed by atoms with E-state index in [4.69, 9.17) is 4.74 Å². The molecule has 1 saturated heterocycles. The first-order valence-electron chi connectivity index (χ1n) is 9.43. The molecule has 1 heterocycles. The highest BCUT2D eigenvalue weighted by molar-refractivity contribution is 7.98. The monoisotopic (exact) mass is 379 g/mol. The highest BCUT2D eigenvalue weighted by Crippen LogP contribution is 2.16. The summed E-state index contributed by atoms with van der Waals surface area (Å²) >= 11 is 1.73. The summed E-state index contributed by atoms with van der Waals surface area (Å²) in [6.07, 6.45) is 3.15. The molecular weight excluding hydrogens is 346 g/mol. The molecule has 0 saturated carbocycles. The summed E-state index contributed by atoms with van der Waals surface area (Å²) in [4.78, 5) is 17.9. The lowest BCUT2D eigenvalue weighted by Gasteiger charge is -2.35. The number of urea groups is 1. The second-order valence-electron chi connectivity index (χ2n) is 7.32. The molecule has 1 aliphatic rings. The van der Waals surface area contributed by atoms with Crippen LogP contribution in [0, 0.1) is 5.92 Å². The molecule has 1 aliphatic heterocycles. The van der Waals surface area contributed by atoms with E-state index in [1.54, 1.807) is 16.7 Å². The van der Waals surface area contributed by atoms with Crippen molar-refractivity contribution in [1.82, 2.24) is 15.1 Å². The number of hydrogen-bond acceptors (Lipinski definition) is 4. The zero-order valence-corrected chi connectivity index (χ0v) is 17.3. The van der Waals surface area contributed by atoms with Gasteiger partial charge in [-0.15, -0.1) is 11.8 Å². The van der Waals surface area contributed by atoms with Crippen molar-refractivity contribution in [1.29, 1.82) is 0 Å². The van der Waals surface area contributed by atoms with Crippen LogP contribution in [0.25, 0.3) is 0 Å². The predicted octanol–water partition coefficient (Wildman–Crippen LogP) is 3.30. The SMILES string of the molecule is CSc1ccc(CN(C)C(=O)NCC(CC(C)C)N2CCOCC2)cc1. The third-order valence-electron chi connectivity index (χ3n) is 4.72.